The fourth-order valence-corrected chi connectivity index (χ4v) is 4.50. The molecule has 3 aromatic carbocycles. The topological polar surface area (TPSA) is 87.3 Å². The number of anilines is 1. The van der Waals surface area contributed by atoms with E-state index in [1.165, 1.54) is 4.90 Å². The smallest absolute Gasteiger partial charge is 0.410 e. The van der Waals surface area contributed by atoms with E-state index in [1.807, 2.05) is 66.7 Å². The number of para-hydroxylation sites is 1. The first-order chi connectivity index (χ1) is 17.1. The number of aromatic amines is 1. The van der Waals surface area contributed by atoms with Crippen molar-refractivity contribution in [3.8, 4) is 0 Å². The van der Waals surface area contributed by atoms with Gasteiger partial charge in [0.1, 0.15) is 18.5 Å². The van der Waals surface area contributed by atoms with Crippen LogP contribution in [-0.4, -0.2) is 39.5 Å². The standard InChI is InChI=1S/C28H28N4O3/c1-19-7-5-10-23-26(19)31-25(30-23)17-20-12-14-22(15-13-20)29-27(33)24-11-6-16-32(24)28(34)35-18-21-8-3-2-4-9-21/h2-5,7-10,12-15,24H,6,11,16-18H2,1H3,(H,29,33)(H,30,31)/t24-/m0/s1. The van der Waals surface area contributed by atoms with Crippen molar-refractivity contribution in [1.82, 2.24) is 14.9 Å². The third-order valence-electron chi connectivity index (χ3n) is 6.35. The molecule has 0 aliphatic carbocycles. The van der Waals surface area contributed by atoms with Crippen LogP contribution in [0.15, 0.2) is 72.8 Å². The number of likely N-dealkylation sites (tertiary alicyclic amines) is 1. The molecule has 7 heteroatoms. The van der Waals surface area contributed by atoms with Crippen LogP contribution in [0.2, 0.25) is 0 Å². The number of nitrogens with one attached hydrogen (secondary N) is 2. The largest absolute Gasteiger partial charge is 0.445 e. The van der Waals surface area contributed by atoms with E-state index in [0.717, 1.165) is 40.0 Å². The lowest BCUT2D eigenvalue weighted by molar-refractivity contribution is -0.120. The third-order valence-corrected chi connectivity index (χ3v) is 6.35. The summed E-state index contributed by atoms with van der Waals surface area (Å²) < 4.78 is 5.44. The molecule has 7 nitrogen and oxygen atoms in total. The summed E-state index contributed by atoms with van der Waals surface area (Å²) >= 11 is 0. The summed E-state index contributed by atoms with van der Waals surface area (Å²) in [6, 6.07) is 22.8. The Bertz CT molecular complexity index is 1330. The number of amides is 2. The molecule has 2 N–H and O–H groups in total. The molecule has 0 unspecified atom stereocenters. The summed E-state index contributed by atoms with van der Waals surface area (Å²) in [5.41, 5.74) is 5.88. The minimum Gasteiger partial charge on any atom is -0.445 e. The number of imidazole rings is 1. The molecule has 0 spiro atoms. The van der Waals surface area contributed by atoms with E-state index in [2.05, 4.69) is 23.3 Å². The van der Waals surface area contributed by atoms with Gasteiger partial charge in [-0.05, 0) is 54.7 Å². The number of hydrogen-bond donors (Lipinski definition) is 2. The predicted octanol–water partition coefficient (Wildman–Crippen LogP) is 5.20. The van der Waals surface area contributed by atoms with Gasteiger partial charge in [0.2, 0.25) is 5.91 Å². The molecule has 1 aliphatic rings. The Morgan fingerprint density at radius 2 is 1.83 bits per heavy atom. The summed E-state index contributed by atoms with van der Waals surface area (Å²) in [6.45, 7) is 2.76. The predicted molar refractivity (Wildman–Crippen MR) is 135 cm³/mol. The normalized spacial score (nSPS) is 15.3. The third kappa shape index (κ3) is 5.19. The number of aryl methyl sites for hydroxylation is 1. The summed E-state index contributed by atoms with van der Waals surface area (Å²) in [4.78, 5) is 35.2. The molecule has 0 radical (unpaired) electrons. The first-order valence-corrected chi connectivity index (χ1v) is 11.9. The fraction of sp³-hybridized carbons (Fsp3) is 0.250. The van der Waals surface area contributed by atoms with Gasteiger partial charge in [-0.25, -0.2) is 9.78 Å². The molecule has 35 heavy (non-hydrogen) atoms. The zero-order valence-corrected chi connectivity index (χ0v) is 19.7. The zero-order valence-electron chi connectivity index (χ0n) is 19.7. The second-order valence-corrected chi connectivity index (χ2v) is 8.91. The number of benzene rings is 3. The number of ether oxygens (including phenoxy) is 1. The molecule has 5 rings (SSSR count). The van der Waals surface area contributed by atoms with Gasteiger partial charge in [0, 0.05) is 18.7 Å². The van der Waals surface area contributed by atoms with Gasteiger partial charge in [-0.3, -0.25) is 9.69 Å². The maximum Gasteiger partial charge on any atom is 0.410 e. The van der Waals surface area contributed by atoms with E-state index >= 15 is 0 Å². The lowest BCUT2D eigenvalue weighted by Crippen LogP contribution is -2.43. The van der Waals surface area contributed by atoms with Crippen LogP contribution >= 0.6 is 0 Å². The lowest BCUT2D eigenvalue weighted by Gasteiger charge is -2.23. The molecule has 4 aromatic rings. The van der Waals surface area contributed by atoms with Gasteiger partial charge in [0.15, 0.2) is 0 Å². The minimum atomic E-state index is -0.531. The van der Waals surface area contributed by atoms with Crippen molar-refractivity contribution in [1.29, 1.82) is 0 Å². The Kier molecular flexibility index (Phi) is 6.48. The highest BCUT2D eigenvalue weighted by atomic mass is 16.6. The molecule has 178 valence electrons. The van der Waals surface area contributed by atoms with Gasteiger partial charge in [-0.15, -0.1) is 0 Å². The Hall–Kier alpha value is -4.13. The Labute approximate surface area is 204 Å². The first-order valence-electron chi connectivity index (χ1n) is 11.9. The molecule has 1 fully saturated rings. The van der Waals surface area contributed by atoms with Gasteiger partial charge in [-0.1, -0.05) is 54.6 Å². The second kappa shape index (κ2) is 10.0. The van der Waals surface area contributed by atoms with Crippen molar-refractivity contribution in [3.05, 3.63) is 95.3 Å². The van der Waals surface area contributed by atoms with Crippen LogP contribution in [0.3, 0.4) is 0 Å². The van der Waals surface area contributed by atoms with Gasteiger partial charge in [0.25, 0.3) is 0 Å². The SMILES string of the molecule is Cc1cccc2[nH]c(Cc3ccc(NC(=O)[C@@H]4CCCN4C(=O)OCc4ccccc4)cc3)nc12. The maximum atomic E-state index is 12.9. The molecule has 1 saturated heterocycles. The summed E-state index contributed by atoms with van der Waals surface area (Å²) in [5.74, 6) is 0.710. The van der Waals surface area contributed by atoms with Crippen molar-refractivity contribution in [2.45, 2.75) is 38.8 Å². The monoisotopic (exact) mass is 468 g/mol. The number of aromatic nitrogens is 2. The van der Waals surface area contributed by atoms with E-state index in [1.54, 1.807) is 0 Å². The van der Waals surface area contributed by atoms with Gasteiger partial charge in [0.05, 0.1) is 11.0 Å². The highest BCUT2D eigenvalue weighted by Crippen LogP contribution is 2.22. The minimum absolute atomic E-state index is 0.191. The van der Waals surface area contributed by atoms with E-state index < -0.39 is 12.1 Å². The number of carbonyl (C=O) groups is 2. The molecule has 0 saturated carbocycles. The number of H-pyrrole nitrogens is 1. The summed E-state index contributed by atoms with van der Waals surface area (Å²) in [7, 11) is 0. The van der Waals surface area contributed by atoms with Crippen LogP contribution in [0.4, 0.5) is 10.5 Å². The molecule has 1 aromatic heterocycles. The van der Waals surface area contributed by atoms with Crippen molar-refractivity contribution < 1.29 is 14.3 Å². The van der Waals surface area contributed by atoms with E-state index in [4.69, 9.17) is 9.72 Å². The first kappa shape index (κ1) is 22.7. The van der Waals surface area contributed by atoms with Crippen molar-refractivity contribution >= 4 is 28.7 Å². The summed E-state index contributed by atoms with van der Waals surface area (Å²) in [6.07, 6.45) is 1.61. The molecule has 0 bridgehead atoms. The van der Waals surface area contributed by atoms with Crippen molar-refractivity contribution in [2.24, 2.45) is 0 Å². The average Bonchev–Trinajstić information content (AvgIpc) is 3.52. The van der Waals surface area contributed by atoms with Crippen LogP contribution in [-0.2, 0) is 22.6 Å². The highest BCUT2D eigenvalue weighted by Gasteiger charge is 2.35. The Morgan fingerprint density at radius 1 is 1.03 bits per heavy atom. The van der Waals surface area contributed by atoms with Crippen molar-refractivity contribution in [3.63, 3.8) is 0 Å². The zero-order chi connectivity index (χ0) is 24.2. The average molecular weight is 469 g/mol. The lowest BCUT2D eigenvalue weighted by atomic mass is 10.1. The van der Waals surface area contributed by atoms with Gasteiger partial charge < -0.3 is 15.0 Å². The van der Waals surface area contributed by atoms with E-state index in [9.17, 15) is 9.59 Å². The van der Waals surface area contributed by atoms with Crippen LogP contribution in [0.25, 0.3) is 11.0 Å². The molecule has 1 aliphatic heterocycles. The van der Waals surface area contributed by atoms with E-state index in [0.29, 0.717) is 25.1 Å². The number of carbonyl (C=O) groups excluding carboxylic acids is 2. The molecule has 2 amide bonds. The number of fused-ring (bicyclic) bond motifs is 1. The van der Waals surface area contributed by atoms with Crippen molar-refractivity contribution in [2.75, 3.05) is 11.9 Å². The Morgan fingerprint density at radius 3 is 2.60 bits per heavy atom. The van der Waals surface area contributed by atoms with Gasteiger partial charge >= 0.3 is 6.09 Å². The fourth-order valence-electron chi connectivity index (χ4n) is 4.50. The number of hydrogen-bond acceptors (Lipinski definition) is 4. The van der Waals surface area contributed by atoms with Gasteiger partial charge in [-0.2, -0.15) is 0 Å². The quantitative estimate of drug-likeness (QED) is 0.407. The summed E-state index contributed by atoms with van der Waals surface area (Å²) in [5, 5.41) is 2.95. The number of rotatable bonds is 6. The maximum absolute atomic E-state index is 12.9. The van der Waals surface area contributed by atoms with Crippen LogP contribution in [0.1, 0.15) is 35.4 Å². The van der Waals surface area contributed by atoms with Crippen LogP contribution in [0.5, 0.6) is 0 Å². The van der Waals surface area contributed by atoms with Crippen LogP contribution < -0.4 is 5.32 Å². The highest BCUT2D eigenvalue weighted by molar-refractivity contribution is 5.96. The molecular formula is C28H28N4O3. The molecule has 2 heterocycles. The van der Waals surface area contributed by atoms with E-state index in [-0.39, 0.29) is 12.5 Å². The van der Waals surface area contributed by atoms with Crippen LogP contribution in [0, 0.1) is 6.92 Å². The molecule has 1 atom stereocenters. The molecular weight excluding hydrogens is 440 g/mol. The Balaban J connectivity index is 1.18. The number of nitrogens with zero attached hydrogens (tertiary/aromatic N) is 2. The second-order valence-electron chi connectivity index (χ2n) is 8.91.